The van der Waals surface area contributed by atoms with Crippen molar-refractivity contribution < 1.29 is 9.90 Å². The van der Waals surface area contributed by atoms with Gasteiger partial charge in [0.05, 0.1) is 10.5 Å². The molecule has 0 saturated carbocycles. The Morgan fingerprint density at radius 2 is 2.10 bits per heavy atom. The smallest absolute Gasteiger partial charge is 0.345 e. The second kappa shape index (κ2) is 5.37. The lowest BCUT2D eigenvalue weighted by atomic mass is 10.2. The number of rotatable bonds is 3. The Hall–Kier alpha value is -1.49. The van der Waals surface area contributed by atoms with Crippen LogP contribution in [0.1, 0.15) is 20.1 Å². The van der Waals surface area contributed by atoms with Gasteiger partial charge in [-0.25, -0.2) is 4.79 Å². The number of fused-ring (bicyclic) bond motifs is 1. The predicted molar refractivity (Wildman–Crippen MR) is 87.1 cm³/mol. The third-order valence-corrected chi connectivity index (χ3v) is 4.99. The number of aromatic carboxylic acids is 1. The van der Waals surface area contributed by atoms with Crippen LogP contribution in [-0.2, 0) is 6.54 Å². The number of carbonyl (C=O) groups is 1. The number of aryl methyl sites for hydroxylation is 1. The summed E-state index contributed by atoms with van der Waals surface area (Å²) in [5.41, 5.74) is 1.93. The summed E-state index contributed by atoms with van der Waals surface area (Å²) in [5.74, 6) is -0.891. The third kappa shape index (κ3) is 2.67. The standard InChI is InChI=1S/C15H11Cl2NO2S/c1-8-9(4-14(21-8)15(19)20)7-18-3-2-11-12(17)5-10(16)6-13(11)18/h2-6H,7H2,1H3,(H,19,20). The van der Waals surface area contributed by atoms with Crippen LogP contribution in [0, 0.1) is 6.92 Å². The molecule has 0 amide bonds. The molecule has 0 saturated heterocycles. The number of aromatic nitrogens is 1. The van der Waals surface area contributed by atoms with E-state index in [4.69, 9.17) is 28.3 Å². The number of hydrogen-bond acceptors (Lipinski definition) is 2. The van der Waals surface area contributed by atoms with E-state index in [1.165, 1.54) is 11.3 Å². The first kappa shape index (κ1) is 14.4. The van der Waals surface area contributed by atoms with E-state index in [-0.39, 0.29) is 0 Å². The van der Waals surface area contributed by atoms with Gasteiger partial charge in [0.2, 0.25) is 0 Å². The van der Waals surface area contributed by atoms with Gasteiger partial charge in [-0.3, -0.25) is 0 Å². The average Bonchev–Trinajstić information content (AvgIpc) is 2.96. The molecule has 2 heterocycles. The van der Waals surface area contributed by atoms with Crippen molar-refractivity contribution in [2.24, 2.45) is 0 Å². The molecule has 2 aromatic heterocycles. The summed E-state index contributed by atoms with van der Waals surface area (Å²) in [7, 11) is 0. The maximum absolute atomic E-state index is 11.0. The fourth-order valence-corrected chi connectivity index (χ4v) is 3.74. The molecular weight excluding hydrogens is 329 g/mol. The van der Waals surface area contributed by atoms with Gasteiger partial charge in [-0.15, -0.1) is 11.3 Å². The molecule has 0 unspecified atom stereocenters. The van der Waals surface area contributed by atoms with Crippen LogP contribution in [-0.4, -0.2) is 15.6 Å². The summed E-state index contributed by atoms with van der Waals surface area (Å²) >= 11 is 13.5. The molecule has 3 nitrogen and oxygen atoms in total. The van der Waals surface area contributed by atoms with Crippen LogP contribution < -0.4 is 0 Å². The molecule has 21 heavy (non-hydrogen) atoms. The Kier molecular flexibility index (Phi) is 3.69. The Balaban J connectivity index is 2.04. The van der Waals surface area contributed by atoms with Crippen molar-refractivity contribution in [3.8, 4) is 0 Å². The van der Waals surface area contributed by atoms with E-state index in [0.717, 1.165) is 21.3 Å². The largest absolute Gasteiger partial charge is 0.477 e. The van der Waals surface area contributed by atoms with Crippen LogP contribution >= 0.6 is 34.5 Å². The molecule has 108 valence electrons. The molecule has 0 aliphatic rings. The molecule has 0 bridgehead atoms. The molecule has 6 heteroatoms. The van der Waals surface area contributed by atoms with E-state index < -0.39 is 5.97 Å². The summed E-state index contributed by atoms with van der Waals surface area (Å²) in [6, 6.07) is 7.24. The Labute approximate surface area is 135 Å². The number of halogens is 2. The number of carboxylic acid groups (broad SMARTS) is 1. The molecule has 0 aliphatic carbocycles. The molecule has 1 aromatic carbocycles. The van der Waals surface area contributed by atoms with Crippen LogP contribution in [0.3, 0.4) is 0 Å². The maximum Gasteiger partial charge on any atom is 0.345 e. The number of hydrogen-bond donors (Lipinski definition) is 1. The van der Waals surface area contributed by atoms with Crippen molar-refractivity contribution in [2.45, 2.75) is 13.5 Å². The first-order chi connectivity index (χ1) is 9.95. The van der Waals surface area contributed by atoms with Gasteiger partial charge in [0.1, 0.15) is 4.88 Å². The topological polar surface area (TPSA) is 42.2 Å². The Morgan fingerprint density at radius 1 is 1.33 bits per heavy atom. The zero-order valence-corrected chi connectivity index (χ0v) is 13.4. The summed E-state index contributed by atoms with van der Waals surface area (Å²) in [6.07, 6.45) is 1.93. The summed E-state index contributed by atoms with van der Waals surface area (Å²) in [4.78, 5) is 12.4. The third-order valence-electron chi connectivity index (χ3n) is 3.38. The van der Waals surface area contributed by atoms with Crippen LogP contribution in [0.5, 0.6) is 0 Å². The van der Waals surface area contributed by atoms with Gasteiger partial charge < -0.3 is 9.67 Å². The normalized spacial score (nSPS) is 11.2. The number of carboxylic acids is 1. The number of benzene rings is 1. The minimum atomic E-state index is -0.891. The first-order valence-corrected chi connectivity index (χ1v) is 7.79. The van der Waals surface area contributed by atoms with Crippen molar-refractivity contribution in [3.63, 3.8) is 0 Å². The van der Waals surface area contributed by atoms with Gasteiger partial charge in [-0.2, -0.15) is 0 Å². The first-order valence-electron chi connectivity index (χ1n) is 6.22. The van der Waals surface area contributed by atoms with Crippen molar-refractivity contribution in [3.05, 3.63) is 55.8 Å². The average molecular weight is 340 g/mol. The molecule has 0 fully saturated rings. The van der Waals surface area contributed by atoms with Gasteiger partial charge in [-0.1, -0.05) is 23.2 Å². The van der Waals surface area contributed by atoms with Crippen LogP contribution in [0.2, 0.25) is 10.0 Å². The molecule has 3 rings (SSSR count). The van der Waals surface area contributed by atoms with E-state index >= 15 is 0 Å². The zero-order valence-electron chi connectivity index (χ0n) is 11.1. The number of thiophene rings is 1. The van der Waals surface area contributed by atoms with Crippen molar-refractivity contribution in [1.82, 2.24) is 4.57 Å². The van der Waals surface area contributed by atoms with Gasteiger partial charge in [0, 0.05) is 28.0 Å². The summed E-state index contributed by atoms with van der Waals surface area (Å²) in [6.45, 7) is 2.52. The molecular formula is C15H11Cl2NO2S. The van der Waals surface area contributed by atoms with Crippen LogP contribution in [0.15, 0.2) is 30.5 Å². The fourth-order valence-electron chi connectivity index (χ4n) is 2.32. The van der Waals surface area contributed by atoms with Gasteiger partial charge in [-0.05, 0) is 36.8 Å². The second-order valence-corrected chi connectivity index (χ2v) is 6.86. The van der Waals surface area contributed by atoms with Crippen molar-refractivity contribution in [1.29, 1.82) is 0 Å². The lowest BCUT2D eigenvalue weighted by molar-refractivity contribution is 0.0702. The monoisotopic (exact) mass is 339 g/mol. The van der Waals surface area contributed by atoms with E-state index in [1.54, 1.807) is 12.1 Å². The summed E-state index contributed by atoms with van der Waals surface area (Å²) < 4.78 is 2.02. The predicted octanol–water partition coefficient (Wildman–Crippen LogP) is 5.06. The minimum Gasteiger partial charge on any atom is -0.477 e. The minimum absolute atomic E-state index is 0.357. The highest BCUT2D eigenvalue weighted by atomic mass is 35.5. The van der Waals surface area contributed by atoms with Crippen molar-refractivity contribution >= 4 is 51.4 Å². The van der Waals surface area contributed by atoms with Gasteiger partial charge in [0.25, 0.3) is 0 Å². The highest BCUT2D eigenvalue weighted by Crippen LogP contribution is 2.30. The quantitative estimate of drug-likeness (QED) is 0.724. The molecule has 3 aromatic rings. The molecule has 0 radical (unpaired) electrons. The molecule has 1 N–H and O–H groups in total. The SMILES string of the molecule is Cc1sc(C(=O)O)cc1Cn1ccc2c(Cl)cc(Cl)cc21. The Bertz CT molecular complexity index is 851. The highest BCUT2D eigenvalue weighted by molar-refractivity contribution is 7.14. The second-order valence-electron chi connectivity index (χ2n) is 4.76. The van der Waals surface area contributed by atoms with Crippen molar-refractivity contribution in [2.75, 3.05) is 0 Å². The lowest BCUT2D eigenvalue weighted by Gasteiger charge is -2.06. The highest BCUT2D eigenvalue weighted by Gasteiger charge is 2.13. The van der Waals surface area contributed by atoms with E-state index in [0.29, 0.717) is 21.5 Å². The molecule has 0 spiro atoms. The van der Waals surface area contributed by atoms with Gasteiger partial charge in [0.15, 0.2) is 0 Å². The van der Waals surface area contributed by atoms with E-state index in [1.807, 2.05) is 29.8 Å². The van der Waals surface area contributed by atoms with Gasteiger partial charge >= 0.3 is 5.97 Å². The Morgan fingerprint density at radius 3 is 2.76 bits per heavy atom. The number of nitrogens with zero attached hydrogens (tertiary/aromatic N) is 1. The lowest BCUT2D eigenvalue weighted by Crippen LogP contribution is -1.98. The van der Waals surface area contributed by atoms with Crippen LogP contribution in [0.4, 0.5) is 0 Å². The maximum atomic E-state index is 11.0. The fraction of sp³-hybridized carbons (Fsp3) is 0.133. The summed E-state index contributed by atoms with van der Waals surface area (Å²) in [5, 5.41) is 11.2. The zero-order chi connectivity index (χ0) is 15.1. The van der Waals surface area contributed by atoms with Crippen LogP contribution in [0.25, 0.3) is 10.9 Å². The molecule has 0 aliphatic heterocycles. The molecule has 0 atom stereocenters. The van der Waals surface area contributed by atoms with E-state index in [2.05, 4.69) is 0 Å². The van der Waals surface area contributed by atoms with E-state index in [9.17, 15) is 4.79 Å².